The normalized spacial score (nSPS) is 14.3. The second kappa shape index (κ2) is 15.0. The number of benzene rings is 2. The Bertz CT molecular complexity index is 1250. The minimum absolute atomic E-state index is 0.0595. The van der Waals surface area contributed by atoms with Crippen molar-refractivity contribution in [2.45, 2.75) is 64.2 Å². The number of aliphatic hydroxyl groups excluding tert-OH is 1. The summed E-state index contributed by atoms with van der Waals surface area (Å²) in [5.74, 6) is -2.88. The zero-order valence-corrected chi connectivity index (χ0v) is 23.7. The lowest BCUT2D eigenvalue weighted by Crippen LogP contribution is -2.61. The van der Waals surface area contributed by atoms with Gasteiger partial charge in [0.1, 0.15) is 18.1 Å². The van der Waals surface area contributed by atoms with Crippen molar-refractivity contribution in [3.8, 4) is 0 Å². The van der Waals surface area contributed by atoms with Gasteiger partial charge in [0.2, 0.25) is 23.6 Å². The van der Waals surface area contributed by atoms with E-state index < -0.39 is 59.8 Å². The van der Waals surface area contributed by atoms with Gasteiger partial charge in [-0.3, -0.25) is 24.2 Å². The fourth-order valence-electron chi connectivity index (χ4n) is 4.21. The number of hydrogen-bond acceptors (Lipinski definition) is 7. The molecule has 2 aromatic rings. The fraction of sp³-hybridized carbons (Fsp3) is 0.464. The summed E-state index contributed by atoms with van der Waals surface area (Å²) in [7, 11) is 0. The summed E-state index contributed by atoms with van der Waals surface area (Å²) >= 11 is 0. The van der Waals surface area contributed by atoms with Crippen molar-refractivity contribution in [1.29, 1.82) is 0 Å². The highest BCUT2D eigenvalue weighted by atomic mass is 16.3. The zero-order valence-electron chi connectivity index (χ0n) is 23.7. The first-order valence-corrected chi connectivity index (χ1v) is 13.3. The molecule has 0 saturated carbocycles. The van der Waals surface area contributed by atoms with Crippen LogP contribution in [0, 0.1) is 5.41 Å². The molecule has 224 valence electrons. The molecule has 0 fully saturated rings. The first-order chi connectivity index (χ1) is 19.2. The number of guanidine groups is 1. The summed E-state index contributed by atoms with van der Waals surface area (Å²) in [6, 6.07) is 8.66. The van der Waals surface area contributed by atoms with Crippen molar-refractivity contribution in [3.05, 3.63) is 48.0 Å². The SMILES string of the molecule is CC(C)(C)[C@H](NC(=O)[C@@H](N)CCCN=C(N)N)C(=O)N[C@@H](Cc1cccc2ccccc12)C(=O)N[C@@H](CO)C(N)=O. The van der Waals surface area contributed by atoms with E-state index in [2.05, 4.69) is 20.9 Å². The predicted octanol–water partition coefficient (Wildman–Crippen LogP) is -1.26. The van der Waals surface area contributed by atoms with E-state index in [1.807, 2.05) is 42.5 Å². The molecule has 13 nitrogen and oxygen atoms in total. The molecule has 2 rings (SSSR count). The molecule has 0 aliphatic carbocycles. The first-order valence-electron chi connectivity index (χ1n) is 13.3. The molecule has 41 heavy (non-hydrogen) atoms. The van der Waals surface area contributed by atoms with Crippen LogP contribution in [0.2, 0.25) is 0 Å². The quantitative estimate of drug-likeness (QED) is 0.0772. The number of amides is 4. The number of aliphatic imine (C=N–C) groups is 1. The van der Waals surface area contributed by atoms with Crippen LogP contribution < -0.4 is 38.9 Å². The Hall–Kier alpha value is -4.23. The molecule has 0 aliphatic heterocycles. The van der Waals surface area contributed by atoms with E-state index >= 15 is 0 Å². The van der Waals surface area contributed by atoms with Gasteiger partial charge in [0.25, 0.3) is 0 Å². The molecular weight excluding hydrogens is 528 g/mol. The number of rotatable bonds is 14. The van der Waals surface area contributed by atoms with Gasteiger partial charge in [-0.2, -0.15) is 0 Å². The van der Waals surface area contributed by atoms with Crippen molar-refractivity contribution in [1.82, 2.24) is 16.0 Å². The third kappa shape index (κ3) is 10.0. The molecular formula is C28H42N8O5. The Kier molecular flexibility index (Phi) is 12.0. The summed E-state index contributed by atoms with van der Waals surface area (Å²) < 4.78 is 0. The van der Waals surface area contributed by atoms with Gasteiger partial charge in [0.15, 0.2) is 5.96 Å². The van der Waals surface area contributed by atoms with E-state index in [1.54, 1.807) is 20.8 Å². The summed E-state index contributed by atoms with van der Waals surface area (Å²) in [6.45, 7) is 4.87. The van der Waals surface area contributed by atoms with E-state index in [4.69, 9.17) is 22.9 Å². The van der Waals surface area contributed by atoms with Gasteiger partial charge in [-0.05, 0) is 34.6 Å². The van der Waals surface area contributed by atoms with Crippen LogP contribution in [0.5, 0.6) is 0 Å². The van der Waals surface area contributed by atoms with Crippen LogP contribution in [0.1, 0.15) is 39.2 Å². The summed E-state index contributed by atoms with van der Waals surface area (Å²) in [6.07, 6.45) is 0.797. The minimum Gasteiger partial charge on any atom is -0.394 e. The van der Waals surface area contributed by atoms with Crippen LogP contribution in [0.25, 0.3) is 10.8 Å². The number of nitrogens with two attached hydrogens (primary N) is 4. The third-order valence-corrected chi connectivity index (χ3v) is 6.50. The second-order valence-corrected chi connectivity index (χ2v) is 10.9. The average molecular weight is 571 g/mol. The summed E-state index contributed by atoms with van der Waals surface area (Å²) in [4.78, 5) is 55.3. The molecule has 0 bridgehead atoms. The topological polar surface area (TPSA) is 241 Å². The highest BCUT2D eigenvalue weighted by Crippen LogP contribution is 2.22. The summed E-state index contributed by atoms with van der Waals surface area (Å²) in [5.41, 5.74) is 22.0. The number of carbonyl (C=O) groups is 4. The molecule has 0 aliphatic rings. The molecule has 0 radical (unpaired) electrons. The van der Waals surface area contributed by atoms with E-state index in [0.29, 0.717) is 13.0 Å². The third-order valence-electron chi connectivity index (χ3n) is 6.50. The molecule has 4 atom stereocenters. The van der Waals surface area contributed by atoms with Crippen molar-refractivity contribution in [2.24, 2.45) is 33.3 Å². The number of nitrogens with zero attached hydrogens (tertiary/aromatic N) is 1. The maximum Gasteiger partial charge on any atom is 0.243 e. The standard InChI is InChI=1S/C28H42N8O5/c1-28(2,3)22(36-24(39)19(29)12-7-13-33-27(31)32)26(41)34-20(25(40)35-21(15-37)23(30)38)14-17-10-6-9-16-8-4-5-11-18(16)17/h4-6,8-11,19-22,37H,7,12-15,29H2,1-3H3,(H2,30,38)(H,34,41)(H,35,40)(H,36,39)(H4,31,32,33)/t19-,20-,21-,22+/m0/s1. The van der Waals surface area contributed by atoms with Gasteiger partial charge in [-0.1, -0.05) is 63.2 Å². The van der Waals surface area contributed by atoms with Crippen LogP contribution in [0.4, 0.5) is 0 Å². The monoisotopic (exact) mass is 570 g/mol. The molecule has 0 aromatic heterocycles. The smallest absolute Gasteiger partial charge is 0.243 e. The van der Waals surface area contributed by atoms with E-state index in [9.17, 15) is 24.3 Å². The van der Waals surface area contributed by atoms with Crippen LogP contribution >= 0.6 is 0 Å². The Morgan fingerprint density at radius 2 is 1.51 bits per heavy atom. The van der Waals surface area contributed by atoms with E-state index in [0.717, 1.165) is 16.3 Å². The largest absolute Gasteiger partial charge is 0.394 e. The number of nitrogens with one attached hydrogen (secondary N) is 3. The van der Waals surface area contributed by atoms with Crippen molar-refractivity contribution >= 4 is 40.4 Å². The van der Waals surface area contributed by atoms with Crippen LogP contribution in [0.3, 0.4) is 0 Å². The number of aliphatic hydroxyl groups is 1. The molecule has 0 saturated heterocycles. The highest BCUT2D eigenvalue weighted by Gasteiger charge is 2.36. The number of fused-ring (bicyclic) bond motifs is 1. The number of hydrogen-bond donors (Lipinski definition) is 8. The molecule has 0 spiro atoms. The minimum atomic E-state index is -1.34. The molecule has 2 aromatic carbocycles. The van der Waals surface area contributed by atoms with Gasteiger partial charge in [0, 0.05) is 13.0 Å². The average Bonchev–Trinajstić information content (AvgIpc) is 2.90. The van der Waals surface area contributed by atoms with Gasteiger partial charge >= 0.3 is 0 Å². The van der Waals surface area contributed by atoms with Crippen LogP contribution in [-0.4, -0.2) is 72.0 Å². The van der Waals surface area contributed by atoms with Gasteiger partial charge in [-0.15, -0.1) is 0 Å². The maximum atomic E-state index is 13.6. The van der Waals surface area contributed by atoms with Crippen molar-refractivity contribution in [3.63, 3.8) is 0 Å². The molecule has 12 N–H and O–H groups in total. The second-order valence-electron chi connectivity index (χ2n) is 10.9. The predicted molar refractivity (Wildman–Crippen MR) is 157 cm³/mol. The van der Waals surface area contributed by atoms with Crippen molar-refractivity contribution in [2.75, 3.05) is 13.2 Å². The lowest BCUT2D eigenvalue weighted by molar-refractivity contribution is -0.135. The molecule has 4 amide bonds. The Morgan fingerprint density at radius 3 is 2.12 bits per heavy atom. The Labute approximate surface area is 239 Å². The first kappa shape index (κ1) is 33.0. The number of carbonyl (C=O) groups excluding carboxylic acids is 4. The van der Waals surface area contributed by atoms with Gasteiger partial charge in [-0.25, -0.2) is 0 Å². The lowest BCUT2D eigenvalue weighted by atomic mass is 9.85. The summed E-state index contributed by atoms with van der Waals surface area (Å²) in [5, 5.41) is 19.2. The Balaban J connectivity index is 2.29. The van der Waals surface area contributed by atoms with Gasteiger partial charge < -0.3 is 44.0 Å². The molecule has 0 heterocycles. The highest BCUT2D eigenvalue weighted by molar-refractivity contribution is 5.95. The molecule has 13 heteroatoms. The fourth-order valence-corrected chi connectivity index (χ4v) is 4.21. The van der Waals surface area contributed by atoms with Crippen LogP contribution in [0.15, 0.2) is 47.5 Å². The van der Waals surface area contributed by atoms with Crippen molar-refractivity contribution < 1.29 is 24.3 Å². The van der Waals surface area contributed by atoms with E-state index in [1.165, 1.54) is 0 Å². The van der Waals surface area contributed by atoms with Gasteiger partial charge in [0.05, 0.1) is 12.6 Å². The molecule has 0 unspecified atom stereocenters. The van der Waals surface area contributed by atoms with Crippen LogP contribution in [-0.2, 0) is 25.6 Å². The Morgan fingerprint density at radius 1 is 0.878 bits per heavy atom. The lowest BCUT2D eigenvalue weighted by Gasteiger charge is -2.32. The van der Waals surface area contributed by atoms with E-state index in [-0.39, 0.29) is 18.8 Å². The number of primary amides is 1. The zero-order chi connectivity index (χ0) is 30.7. The maximum absolute atomic E-state index is 13.6.